The molecule has 1 aromatic heterocycles. The number of likely N-dealkylation sites (tertiary alicyclic amines) is 1. The molecule has 2 atom stereocenters. The van der Waals surface area contributed by atoms with Crippen molar-refractivity contribution < 1.29 is 4.74 Å². The van der Waals surface area contributed by atoms with Gasteiger partial charge in [-0.1, -0.05) is 30.3 Å². The van der Waals surface area contributed by atoms with E-state index in [1.807, 2.05) is 12.1 Å². The molecule has 0 saturated carbocycles. The molecule has 2 heterocycles. The SMILES string of the molecule is CCNC(=NCCOc1cccnc1)NC1CCN(Cc2ccccc2)C(C)C1. The van der Waals surface area contributed by atoms with E-state index in [1.54, 1.807) is 12.4 Å². The van der Waals surface area contributed by atoms with Crippen LogP contribution in [-0.2, 0) is 6.54 Å². The number of benzene rings is 1. The number of aromatic nitrogens is 1. The first kappa shape index (κ1) is 21.1. The maximum absolute atomic E-state index is 5.68. The van der Waals surface area contributed by atoms with E-state index in [0.29, 0.717) is 25.2 Å². The minimum absolute atomic E-state index is 0.439. The summed E-state index contributed by atoms with van der Waals surface area (Å²) in [5, 5.41) is 6.97. The van der Waals surface area contributed by atoms with Crippen molar-refractivity contribution in [1.29, 1.82) is 0 Å². The van der Waals surface area contributed by atoms with Gasteiger partial charge in [-0.05, 0) is 44.4 Å². The number of guanidine groups is 1. The maximum Gasteiger partial charge on any atom is 0.191 e. The maximum atomic E-state index is 5.68. The molecule has 156 valence electrons. The van der Waals surface area contributed by atoms with E-state index in [9.17, 15) is 0 Å². The minimum Gasteiger partial charge on any atom is -0.490 e. The van der Waals surface area contributed by atoms with Crippen molar-refractivity contribution in [3.8, 4) is 5.75 Å². The summed E-state index contributed by atoms with van der Waals surface area (Å²) in [6, 6.07) is 15.5. The van der Waals surface area contributed by atoms with Crippen LogP contribution in [0.1, 0.15) is 32.3 Å². The molecule has 0 bridgehead atoms. The summed E-state index contributed by atoms with van der Waals surface area (Å²) < 4.78 is 5.68. The van der Waals surface area contributed by atoms with Gasteiger partial charge < -0.3 is 15.4 Å². The molecule has 3 rings (SSSR count). The second-order valence-electron chi connectivity index (χ2n) is 7.47. The lowest BCUT2D eigenvalue weighted by atomic mass is 9.97. The average Bonchev–Trinajstić information content (AvgIpc) is 2.75. The number of nitrogens with one attached hydrogen (secondary N) is 2. The zero-order valence-electron chi connectivity index (χ0n) is 17.6. The number of rotatable bonds is 8. The smallest absolute Gasteiger partial charge is 0.191 e. The van der Waals surface area contributed by atoms with Gasteiger partial charge in [0.2, 0.25) is 0 Å². The fraction of sp³-hybridized carbons (Fsp3) is 0.478. The summed E-state index contributed by atoms with van der Waals surface area (Å²) in [5.74, 6) is 1.65. The highest BCUT2D eigenvalue weighted by Crippen LogP contribution is 2.19. The molecule has 6 nitrogen and oxygen atoms in total. The Labute approximate surface area is 174 Å². The molecule has 0 radical (unpaired) electrons. The standard InChI is InChI=1S/C23H33N5O/c1-3-25-23(26-13-15-29-22-10-7-12-24-17-22)27-21-11-14-28(19(2)16-21)18-20-8-5-4-6-9-20/h4-10,12,17,19,21H,3,11,13-16,18H2,1-2H3,(H2,25,26,27). The van der Waals surface area contributed by atoms with Gasteiger partial charge in [-0.3, -0.25) is 9.88 Å². The number of ether oxygens (including phenoxy) is 1. The van der Waals surface area contributed by atoms with E-state index >= 15 is 0 Å². The van der Waals surface area contributed by atoms with E-state index in [4.69, 9.17) is 4.74 Å². The Morgan fingerprint density at radius 3 is 2.83 bits per heavy atom. The first-order valence-electron chi connectivity index (χ1n) is 10.6. The van der Waals surface area contributed by atoms with Crippen LogP contribution in [0.2, 0.25) is 0 Å². The lowest BCUT2D eigenvalue weighted by Gasteiger charge is -2.38. The van der Waals surface area contributed by atoms with Crippen molar-refractivity contribution in [1.82, 2.24) is 20.5 Å². The molecule has 1 aliphatic heterocycles. The number of pyridine rings is 1. The molecule has 2 unspecified atom stereocenters. The van der Waals surface area contributed by atoms with Gasteiger partial charge in [-0.25, -0.2) is 4.99 Å². The second-order valence-corrected chi connectivity index (χ2v) is 7.47. The van der Waals surface area contributed by atoms with Gasteiger partial charge in [0.15, 0.2) is 5.96 Å². The molecule has 6 heteroatoms. The number of nitrogens with zero attached hydrogens (tertiary/aromatic N) is 3. The molecule has 2 N–H and O–H groups in total. The highest BCUT2D eigenvalue weighted by atomic mass is 16.5. The third-order valence-electron chi connectivity index (χ3n) is 5.19. The number of hydrogen-bond donors (Lipinski definition) is 2. The molecule has 0 aliphatic carbocycles. The number of hydrogen-bond acceptors (Lipinski definition) is 4. The summed E-state index contributed by atoms with van der Waals surface area (Å²) in [6.07, 6.45) is 5.69. The zero-order valence-corrected chi connectivity index (χ0v) is 17.6. The summed E-state index contributed by atoms with van der Waals surface area (Å²) in [5.41, 5.74) is 1.38. The van der Waals surface area contributed by atoms with Crippen molar-refractivity contribution in [2.75, 3.05) is 26.2 Å². The Kier molecular flexibility index (Phi) is 8.31. The lowest BCUT2D eigenvalue weighted by molar-refractivity contribution is 0.134. The molecular formula is C23H33N5O. The molecule has 1 aromatic carbocycles. The van der Waals surface area contributed by atoms with Crippen LogP contribution < -0.4 is 15.4 Å². The van der Waals surface area contributed by atoms with Crippen LogP contribution in [0.25, 0.3) is 0 Å². The highest BCUT2D eigenvalue weighted by Gasteiger charge is 2.25. The van der Waals surface area contributed by atoms with E-state index in [1.165, 1.54) is 5.56 Å². The van der Waals surface area contributed by atoms with Gasteiger partial charge in [-0.15, -0.1) is 0 Å². The molecule has 2 aromatic rings. The third-order valence-corrected chi connectivity index (χ3v) is 5.19. The quantitative estimate of drug-likeness (QED) is 0.409. The molecule has 1 fully saturated rings. The molecule has 0 spiro atoms. The van der Waals surface area contributed by atoms with Crippen LogP contribution in [0, 0.1) is 0 Å². The normalized spacial score (nSPS) is 20.3. The van der Waals surface area contributed by atoms with Crippen molar-refractivity contribution in [2.45, 2.75) is 45.3 Å². The number of aliphatic imine (C=N–C) groups is 1. The third kappa shape index (κ3) is 7.06. The number of piperidine rings is 1. The highest BCUT2D eigenvalue weighted by molar-refractivity contribution is 5.80. The topological polar surface area (TPSA) is 61.8 Å². The van der Waals surface area contributed by atoms with Crippen LogP contribution in [-0.4, -0.2) is 54.2 Å². The van der Waals surface area contributed by atoms with Gasteiger partial charge in [0.25, 0.3) is 0 Å². The first-order valence-corrected chi connectivity index (χ1v) is 10.6. The summed E-state index contributed by atoms with van der Waals surface area (Å²) in [7, 11) is 0. The van der Waals surface area contributed by atoms with E-state index < -0.39 is 0 Å². The van der Waals surface area contributed by atoms with Gasteiger partial charge >= 0.3 is 0 Å². The molecule has 0 amide bonds. The molecule has 1 aliphatic rings. The van der Waals surface area contributed by atoms with Crippen molar-refractivity contribution in [2.24, 2.45) is 4.99 Å². The van der Waals surface area contributed by atoms with Gasteiger partial charge in [0, 0.05) is 37.9 Å². The summed E-state index contributed by atoms with van der Waals surface area (Å²) in [4.78, 5) is 11.3. The largest absolute Gasteiger partial charge is 0.490 e. The Hall–Kier alpha value is -2.60. The van der Waals surface area contributed by atoms with Crippen molar-refractivity contribution >= 4 is 5.96 Å². The molecule has 1 saturated heterocycles. The van der Waals surface area contributed by atoms with Crippen molar-refractivity contribution in [3.63, 3.8) is 0 Å². The van der Waals surface area contributed by atoms with Gasteiger partial charge in [-0.2, -0.15) is 0 Å². The summed E-state index contributed by atoms with van der Waals surface area (Å²) >= 11 is 0. The zero-order chi connectivity index (χ0) is 20.3. The van der Waals surface area contributed by atoms with E-state index in [-0.39, 0.29) is 0 Å². The Morgan fingerprint density at radius 2 is 2.10 bits per heavy atom. The minimum atomic E-state index is 0.439. The van der Waals surface area contributed by atoms with Gasteiger partial charge in [0.05, 0.1) is 12.7 Å². The molecular weight excluding hydrogens is 362 g/mol. The Bertz CT molecular complexity index is 737. The van der Waals surface area contributed by atoms with Crippen LogP contribution >= 0.6 is 0 Å². The van der Waals surface area contributed by atoms with Crippen LogP contribution in [0.5, 0.6) is 5.75 Å². The second kappa shape index (κ2) is 11.4. The molecule has 29 heavy (non-hydrogen) atoms. The summed E-state index contributed by atoms with van der Waals surface area (Å²) in [6.45, 7) is 8.52. The van der Waals surface area contributed by atoms with Crippen molar-refractivity contribution in [3.05, 3.63) is 60.4 Å². The van der Waals surface area contributed by atoms with Crippen LogP contribution in [0.15, 0.2) is 59.9 Å². The van der Waals surface area contributed by atoms with E-state index in [2.05, 4.69) is 69.7 Å². The predicted molar refractivity (Wildman–Crippen MR) is 118 cm³/mol. The fourth-order valence-corrected chi connectivity index (χ4v) is 3.67. The Morgan fingerprint density at radius 1 is 1.24 bits per heavy atom. The average molecular weight is 396 g/mol. The fourth-order valence-electron chi connectivity index (χ4n) is 3.67. The van der Waals surface area contributed by atoms with Gasteiger partial charge in [0.1, 0.15) is 12.4 Å². The lowest BCUT2D eigenvalue weighted by Crippen LogP contribution is -2.51. The first-order chi connectivity index (χ1) is 14.2. The van der Waals surface area contributed by atoms with Crippen LogP contribution in [0.4, 0.5) is 0 Å². The monoisotopic (exact) mass is 395 g/mol. The van der Waals surface area contributed by atoms with Crippen LogP contribution in [0.3, 0.4) is 0 Å². The van der Waals surface area contributed by atoms with E-state index in [0.717, 1.165) is 44.2 Å². The predicted octanol–water partition coefficient (Wildman–Crippen LogP) is 3.07. The Balaban J connectivity index is 1.45.